The highest BCUT2D eigenvalue weighted by atomic mass is 32.2. The van der Waals surface area contributed by atoms with Crippen LogP contribution in [0.25, 0.3) is 0 Å². The summed E-state index contributed by atoms with van der Waals surface area (Å²) in [5.41, 5.74) is 0.564. The molecular weight excluding hydrogens is 425 g/mol. The van der Waals surface area contributed by atoms with Gasteiger partial charge in [-0.05, 0) is 64.1 Å². The highest BCUT2D eigenvalue weighted by molar-refractivity contribution is 7.99. The first-order valence-corrected chi connectivity index (χ1v) is 11.3. The van der Waals surface area contributed by atoms with Crippen molar-refractivity contribution in [1.29, 1.82) is 5.26 Å². The Labute approximate surface area is 178 Å². The minimum Gasteiger partial charge on any atom is -0.324 e. The number of hydrogen-bond donors (Lipinski definition) is 1. The maximum absolute atomic E-state index is 13.5. The summed E-state index contributed by atoms with van der Waals surface area (Å²) in [6.45, 7) is 0. The maximum Gasteiger partial charge on any atom is 0.419 e. The van der Waals surface area contributed by atoms with E-state index in [4.69, 9.17) is 5.26 Å². The van der Waals surface area contributed by atoms with E-state index in [0.717, 1.165) is 11.8 Å². The second-order valence-electron chi connectivity index (χ2n) is 7.02. The Bertz CT molecular complexity index is 1250. The molecule has 0 radical (unpaired) electrons. The Morgan fingerprint density at radius 3 is 2.58 bits per heavy atom. The van der Waals surface area contributed by atoms with Crippen molar-refractivity contribution < 1.29 is 17.4 Å². The predicted octanol–water partition coefficient (Wildman–Crippen LogP) is 4.60. The fourth-order valence-electron chi connectivity index (χ4n) is 2.93. The molecule has 9 heteroatoms. The minimum absolute atomic E-state index is 0.00109. The average Bonchev–Trinajstić information content (AvgIpc) is 2.71. The first-order chi connectivity index (χ1) is 14.6. The van der Waals surface area contributed by atoms with Gasteiger partial charge >= 0.3 is 6.18 Å². The summed E-state index contributed by atoms with van der Waals surface area (Å²) < 4.78 is 52.6. The number of benzene rings is 2. The Kier molecular flexibility index (Phi) is 6.32. The molecule has 0 aliphatic carbocycles. The van der Waals surface area contributed by atoms with E-state index in [2.05, 4.69) is 21.2 Å². The lowest BCUT2D eigenvalue weighted by Gasteiger charge is -2.14. The zero-order valence-electron chi connectivity index (χ0n) is 16.6. The molecule has 0 amide bonds. The van der Waals surface area contributed by atoms with E-state index in [1.807, 2.05) is 6.07 Å². The molecule has 1 N–H and O–H groups in total. The SMILES string of the molecule is C=S(C)(=O)c1cccc(CCc2nc(Nc3cccc(C#N)c3)ncc2C(F)(F)F)c1. The summed E-state index contributed by atoms with van der Waals surface area (Å²) in [5, 5.41) is 11.8. The van der Waals surface area contributed by atoms with Gasteiger partial charge in [-0.2, -0.15) is 18.4 Å². The van der Waals surface area contributed by atoms with Crippen LogP contribution >= 0.6 is 0 Å². The van der Waals surface area contributed by atoms with Crippen LogP contribution in [0.1, 0.15) is 22.4 Å². The first-order valence-electron chi connectivity index (χ1n) is 9.18. The molecule has 0 aliphatic heterocycles. The number of aryl methyl sites for hydroxylation is 2. The van der Waals surface area contributed by atoms with Crippen LogP contribution in [0.2, 0.25) is 0 Å². The third kappa shape index (κ3) is 5.83. The van der Waals surface area contributed by atoms with Crippen molar-refractivity contribution in [3.63, 3.8) is 0 Å². The van der Waals surface area contributed by atoms with Crippen LogP contribution < -0.4 is 5.32 Å². The number of nitrogens with zero attached hydrogens (tertiary/aromatic N) is 3. The Balaban J connectivity index is 1.88. The summed E-state index contributed by atoms with van der Waals surface area (Å²) in [6, 6.07) is 15.3. The van der Waals surface area contributed by atoms with Crippen LogP contribution in [0.15, 0.2) is 59.6 Å². The van der Waals surface area contributed by atoms with Crippen LogP contribution in [0, 0.1) is 11.3 Å². The number of nitriles is 1. The summed E-state index contributed by atoms with van der Waals surface area (Å²) in [6.07, 6.45) is -2.05. The number of anilines is 2. The van der Waals surface area contributed by atoms with Crippen molar-refractivity contribution in [2.24, 2.45) is 0 Å². The van der Waals surface area contributed by atoms with Gasteiger partial charge in [0.05, 0.1) is 22.9 Å². The van der Waals surface area contributed by atoms with Crippen molar-refractivity contribution in [2.75, 3.05) is 11.6 Å². The quantitative estimate of drug-likeness (QED) is 0.562. The molecule has 0 saturated heterocycles. The van der Waals surface area contributed by atoms with Crippen LogP contribution in [-0.2, 0) is 28.5 Å². The molecule has 3 aromatic rings. The lowest BCUT2D eigenvalue weighted by Crippen LogP contribution is -2.14. The molecule has 1 heterocycles. The molecule has 31 heavy (non-hydrogen) atoms. The van der Waals surface area contributed by atoms with E-state index in [1.54, 1.807) is 48.5 Å². The van der Waals surface area contributed by atoms with Crippen molar-refractivity contribution in [3.8, 4) is 6.07 Å². The largest absolute Gasteiger partial charge is 0.419 e. The third-order valence-corrected chi connectivity index (χ3v) is 5.72. The van der Waals surface area contributed by atoms with Crippen LogP contribution in [0.3, 0.4) is 0 Å². The van der Waals surface area contributed by atoms with Gasteiger partial charge in [-0.3, -0.25) is 4.21 Å². The maximum atomic E-state index is 13.5. The Morgan fingerprint density at radius 1 is 1.16 bits per heavy atom. The molecule has 0 saturated carbocycles. The number of rotatable bonds is 6. The van der Waals surface area contributed by atoms with Crippen molar-refractivity contribution in [3.05, 3.63) is 77.1 Å². The van der Waals surface area contributed by atoms with E-state index in [-0.39, 0.29) is 24.5 Å². The van der Waals surface area contributed by atoms with E-state index in [0.29, 0.717) is 16.1 Å². The molecule has 0 fully saturated rings. The van der Waals surface area contributed by atoms with Gasteiger partial charge in [0, 0.05) is 23.0 Å². The number of alkyl halides is 3. The number of hydrogen-bond acceptors (Lipinski definition) is 5. The van der Waals surface area contributed by atoms with Crippen LogP contribution in [-0.4, -0.2) is 26.3 Å². The first kappa shape index (κ1) is 22.3. The fourth-order valence-corrected chi connectivity index (χ4v) is 3.70. The third-order valence-electron chi connectivity index (χ3n) is 4.47. The molecule has 0 aliphatic rings. The van der Waals surface area contributed by atoms with E-state index in [9.17, 15) is 17.4 Å². The molecule has 1 aromatic heterocycles. The van der Waals surface area contributed by atoms with E-state index >= 15 is 0 Å². The number of nitrogens with one attached hydrogen (secondary N) is 1. The van der Waals surface area contributed by atoms with Crippen LogP contribution in [0.4, 0.5) is 24.8 Å². The molecule has 1 atom stereocenters. The number of halogens is 3. The summed E-state index contributed by atoms with van der Waals surface area (Å²) in [4.78, 5) is 8.41. The molecule has 2 aromatic carbocycles. The van der Waals surface area contributed by atoms with Gasteiger partial charge in [-0.25, -0.2) is 9.97 Å². The van der Waals surface area contributed by atoms with Gasteiger partial charge in [-0.15, -0.1) is 0 Å². The smallest absolute Gasteiger partial charge is 0.324 e. The topological polar surface area (TPSA) is 78.7 Å². The van der Waals surface area contributed by atoms with Gasteiger partial charge in [0.15, 0.2) is 0 Å². The molecule has 160 valence electrons. The van der Waals surface area contributed by atoms with Gasteiger partial charge in [0.25, 0.3) is 0 Å². The van der Waals surface area contributed by atoms with E-state index < -0.39 is 21.3 Å². The fraction of sp³-hybridized carbons (Fsp3) is 0.182. The molecule has 3 rings (SSSR count). The second-order valence-corrected chi connectivity index (χ2v) is 9.50. The van der Waals surface area contributed by atoms with Crippen molar-refractivity contribution in [2.45, 2.75) is 23.9 Å². The molecular formula is C22H19F3N4OS. The lowest BCUT2D eigenvalue weighted by atomic mass is 10.1. The summed E-state index contributed by atoms with van der Waals surface area (Å²) in [7, 11) is -2.43. The van der Waals surface area contributed by atoms with Crippen LogP contribution in [0.5, 0.6) is 0 Å². The monoisotopic (exact) mass is 444 g/mol. The molecule has 5 nitrogen and oxygen atoms in total. The van der Waals surface area contributed by atoms with Gasteiger partial charge < -0.3 is 5.32 Å². The van der Waals surface area contributed by atoms with Crippen molar-refractivity contribution >= 4 is 27.0 Å². The molecule has 1 unspecified atom stereocenters. The standard InChI is InChI=1S/C22H19F3N4OS/c1-31(2,30)18-8-4-5-15(12-18)9-10-20-19(22(23,24)25)14-27-21(29-20)28-17-7-3-6-16(11-17)13-26/h3-8,11-12,14H,1,9-10H2,2H3,(H,27,28,29). The number of aromatic nitrogens is 2. The molecule has 0 spiro atoms. The predicted molar refractivity (Wildman–Crippen MR) is 115 cm³/mol. The minimum atomic E-state index is -4.60. The summed E-state index contributed by atoms with van der Waals surface area (Å²) >= 11 is 0. The van der Waals surface area contributed by atoms with Gasteiger partial charge in [-0.1, -0.05) is 18.2 Å². The van der Waals surface area contributed by atoms with E-state index in [1.165, 1.54) is 6.26 Å². The van der Waals surface area contributed by atoms with Gasteiger partial charge in [0.1, 0.15) is 0 Å². The average molecular weight is 444 g/mol. The Hall–Kier alpha value is -3.38. The van der Waals surface area contributed by atoms with Gasteiger partial charge in [0.2, 0.25) is 5.95 Å². The normalized spacial score (nSPS) is 13.3. The molecule has 0 bridgehead atoms. The zero-order valence-corrected chi connectivity index (χ0v) is 17.4. The highest BCUT2D eigenvalue weighted by Gasteiger charge is 2.34. The van der Waals surface area contributed by atoms with Crippen molar-refractivity contribution in [1.82, 2.24) is 9.97 Å². The zero-order chi connectivity index (χ0) is 22.6. The lowest BCUT2D eigenvalue weighted by molar-refractivity contribution is -0.138. The Morgan fingerprint density at radius 2 is 1.90 bits per heavy atom. The summed E-state index contributed by atoms with van der Waals surface area (Å²) in [5.74, 6) is 3.64. The highest BCUT2D eigenvalue weighted by Crippen LogP contribution is 2.32. The second kappa shape index (κ2) is 8.78.